The molecule has 0 atom stereocenters. The number of rotatable bonds is 2. The second kappa shape index (κ2) is 5.58. The molecule has 3 rings (SSSR count). The van der Waals surface area contributed by atoms with Crippen LogP contribution in [0.3, 0.4) is 0 Å². The summed E-state index contributed by atoms with van der Waals surface area (Å²) in [6.45, 7) is 2.42. The monoisotopic (exact) mass is 371 g/mol. The maximum atomic E-state index is 13.3. The highest BCUT2D eigenvalue weighted by molar-refractivity contribution is 9.10. The lowest BCUT2D eigenvalue weighted by atomic mass is 10.1. The molecule has 0 bridgehead atoms. The number of nitrogens with zero attached hydrogens (tertiary/aromatic N) is 3. The lowest BCUT2D eigenvalue weighted by molar-refractivity contribution is -0.0222. The Morgan fingerprint density at radius 3 is 2.59 bits per heavy atom. The van der Waals surface area contributed by atoms with Gasteiger partial charge in [-0.3, -0.25) is 0 Å². The number of nitrogens with two attached hydrogens (primary N) is 1. The maximum absolute atomic E-state index is 13.3. The van der Waals surface area contributed by atoms with Crippen molar-refractivity contribution in [3.05, 3.63) is 22.2 Å². The van der Waals surface area contributed by atoms with Gasteiger partial charge in [0.25, 0.3) is 5.92 Å². The van der Waals surface area contributed by atoms with Gasteiger partial charge in [0.1, 0.15) is 0 Å². The first-order valence-electron chi connectivity index (χ1n) is 6.97. The lowest BCUT2D eigenvalue weighted by Crippen LogP contribution is -2.40. The van der Waals surface area contributed by atoms with E-state index in [0.29, 0.717) is 17.3 Å². The molecule has 1 aromatic heterocycles. The summed E-state index contributed by atoms with van der Waals surface area (Å²) in [5, 5.41) is 0.792. The molecule has 0 radical (unpaired) electrons. The molecule has 2 heterocycles. The molecule has 5 nitrogen and oxygen atoms in total. The van der Waals surface area contributed by atoms with E-state index in [-0.39, 0.29) is 25.9 Å². The molecule has 3 N–H and O–H groups in total. The number of hydrogen-bond donors (Lipinski definition) is 2. The van der Waals surface area contributed by atoms with E-state index in [9.17, 15) is 8.78 Å². The van der Waals surface area contributed by atoms with Crippen molar-refractivity contribution in [2.45, 2.75) is 25.7 Å². The fourth-order valence-corrected chi connectivity index (χ4v) is 3.26. The first-order valence-corrected chi connectivity index (χ1v) is 7.76. The molecule has 1 aliphatic heterocycles. The molecule has 0 unspecified atom stereocenters. The first-order chi connectivity index (χ1) is 10.4. The Bertz CT molecular complexity index is 712. The zero-order valence-electron chi connectivity index (χ0n) is 12.0. The SMILES string of the molecule is Cc1cc(Br)c2nc(N3CCC(F)(F)CC3)nc(NN)c2c1. The van der Waals surface area contributed by atoms with Crippen molar-refractivity contribution in [3.8, 4) is 0 Å². The van der Waals surface area contributed by atoms with Crippen LogP contribution in [0, 0.1) is 6.92 Å². The highest BCUT2D eigenvalue weighted by Gasteiger charge is 2.35. The Balaban J connectivity index is 2.05. The summed E-state index contributed by atoms with van der Waals surface area (Å²) in [5.74, 6) is 3.87. The molecule has 118 valence electrons. The van der Waals surface area contributed by atoms with Crippen molar-refractivity contribution in [2.75, 3.05) is 23.4 Å². The first kappa shape index (κ1) is 15.4. The second-order valence-corrected chi connectivity index (χ2v) is 6.36. The zero-order valence-corrected chi connectivity index (χ0v) is 13.6. The van der Waals surface area contributed by atoms with E-state index in [1.807, 2.05) is 19.1 Å². The van der Waals surface area contributed by atoms with Crippen LogP contribution < -0.4 is 16.2 Å². The predicted octanol–water partition coefficient (Wildman–Crippen LogP) is 3.22. The summed E-state index contributed by atoms with van der Waals surface area (Å²) in [5.41, 5.74) is 4.33. The standard InChI is InChI=1S/C14H16BrF2N5/c1-8-6-9-11(10(15)7-8)19-13(20-12(9)21-18)22-4-2-14(16,17)3-5-22/h6-7H,2-5,18H2,1H3,(H,19,20,21). The summed E-state index contributed by atoms with van der Waals surface area (Å²) in [4.78, 5) is 10.7. The lowest BCUT2D eigenvalue weighted by Gasteiger charge is -2.32. The van der Waals surface area contributed by atoms with Gasteiger partial charge in [-0.25, -0.2) is 19.6 Å². The molecule has 1 aromatic carbocycles. The van der Waals surface area contributed by atoms with Crippen molar-refractivity contribution in [1.29, 1.82) is 0 Å². The summed E-state index contributed by atoms with van der Waals surface area (Å²) in [7, 11) is 0. The molecular weight excluding hydrogens is 356 g/mol. The number of benzene rings is 1. The molecule has 0 spiro atoms. The van der Waals surface area contributed by atoms with Crippen LogP contribution in [0.15, 0.2) is 16.6 Å². The number of nitrogens with one attached hydrogen (secondary N) is 1. The van der Waals surface area contributed by atoms with Gasteiger partial charge in [0.05, 0.1) is 5.52 Å². The van der Waals surface area contributed by atoms with E-state index in [2.05, 4.69) is 31.3 Å². The Morgan fingerprint density at radius 2 is 1.95 bits per heavy atom. The van der Waals surface area contributed by atoms with Gasteiger partial charge in [0.2, 0.25) is 5.95 Å². The topological polar surface area (TPSA) is 67.1 Å². The third-order valence-corrected chi connectivity index (χ3v) is 4.41. The number of anilines is 2. The quantitative estimate of drug-likeness (QED) is 0.626. The molecule has 1 saturated heterocycles. The maximum Gasteiger partial charge on any atom is 0.251 e. The van der Waals surface area contributed by atoms with Crippen molar-refractivity contribution >= 4 is 38.6 Å². The van der Waals surface area contributed by atoms with Gasteiger partial charge in [0.15, 0.2) is 5.82 Å². The average Bonchev–Trinajstić information content (AvgIpc) is 2.46. The number of alkyl halides is 2. The molecule has 2 aromatic rings. The van der Waals surface area contributed by atoms with E-state index in [1.165, 1.54) is 0 Å². The highest BCUT2D eigenvalue weighted by atomic mass is 79.9. The number of halogens is 3. The predicted molar refractivity (Wildman–Crippen MR) is 86.2 cm³/mol. The minimum Gasteiger partial charge on any atom is -0.340 e. The number of piperidine rings is 1. The van der Waals surface area contributed by atoms with Crippen molar-refractivity contribution in [2.24, 2.45) is 5.84 Å². The van der Waals surface area contributed by atoms with Gasteiger partial charge in [0, 0.05) is 35.8 Å². The minimum absolute atomic E-state index is 0.186. The zero-order chi connectivity index (χ0) is 15.9. The Kier molecular flexibility index (Phi) is 3.90. The molecule has 0 saturated carbocycles. The third kappa shape index (κ3) is 2.85. The van der Waals surface area contributed by atoms with Crippen molar-refractivity contribution in [1.82, 2.24) is 9.97 Å². The largest absolute Gasteiger partial charge is 0.340 e. The molecular formula is C14H16BrF2N5. The summed E-state index contributed by atoms with van der Waals surface area (Å²) < 4.78 is 27.4. The van der Waals surface area contributed by atoms with Crippen LogP contribution in [0.4, 0.5) is 20.5 Å². The van der Waals surface area contributed by atoms with E-state index < -0.39 is 5.92 Å². The van der Waals surface area contributed by atoms with Crippen LogP contribution in [0.25, 0.3) is 10.9 Å². The Morgan fingerprint density at radius 1 is 1.27 bits per heavy atom. The number of fused-ring (bicyclic) bond motifs is 1. The Hall–Kier alpha value is -1.54. The van der Waals surface area contributed by atoms with Gasteiger partial charge in [-0.15, -0.1) is 0 Å². The fourth-order valence-electron chi connectivity index (χ4n) is 2.60. The smallest absolute Gasteiger partial charge is 0.251 e. The highest BCUT2D eigenvalue weighted by Crippen LogP contribution is 2.33. The average molecular weight is 372 g/mol. The van der Waals surface area contributed by atoms with E-state index in [0.717, 1.165) is 15.4 Å². The number of hydrogen-bond acceptors (Lipinski definition) is 5. The van der Waals surface area contributed by atoms with Gasteiger partial charge in [-0.1, -0.05) is 0 Å². The fraction of sp³-hybridized carbons (Fsp3) is 0.429. The van der Waals surface area contributed by atoms with E-state index >= 15 is 0 Å². The van der Waals surface area contributed by atoms with Gasteiger partial charge in [-0.2, -0.15) is 4.98 Å². The van der Waals surface area contributed by atoms with Crippen LogP contribution in [-0.4, -0.2) is 29.0 Å². The second-order valence-electron chi connectivity index (χ2n) is 5.50. The molecule has 22 heavy (non-hydrogen) atoms. The number of hydrazine groups is 1. The molecule has 0 aliphatic carbocycles. The van der Waals surface area contributed by atoms with E-state index in [4.69, 9.17) is 5.84 Å². The van der Waals surface area contributed by atoms with Gasteiger partial charge in [-0.05, 0) is 40.5 Å². The minimum atomic E-state index is -2.60. The molecule has 1 aliphatic rings. The molecule has 0 amide bonds. The number of aryl methyl sites for hydroxylation is 1. The Labute approximate surface area is 135 Å². The number of nitrogen functional groups attached to an aromatic ring is 1. The van der Waals surface area contributed by atoms with Crippen molar-refractivity contribution in [3.63, 3.8) is 0 Å². The van der Waals surface area contributed by atoms with Crippen LogP contribution in [0.1, 0.15) is 18.4 Å². The summed E-state index contributed by atoms with van der Waals surface area (Å²) in [6.07, 6.45) is -0.371. The van der Waals surface area contributed by atoms with E-state index in [1.54, 1.807) is 4.90 Å². The molecule has 1 fully saturated rings. The van der Waals surface area contributed by atoms with Gasteiger partial charge < -0.3 is 10.3 Å². The molecule has 8 heteroatoms. The van der Waals surface area contributed by atoms with Crippen LogP contribution in [-0.2, 0) is 0 Å². The van der Waals surface area contributed by atoms with Crippen LogP contribution >= 0.6 is 15.9 Å². The summed E-state index contributed by atoms with van der Waals surface area (Å²) in [6, 6.07) is 3.88. The third-order valence-electron chi connectivity index (χ3n) is 3.80. The summed E-state index contributed by atoms with van der Waals surface area (Å²) >= 11 is 3.49. The normalized spacial score (nSPS) is 17.8. The van der Waals surface area contributed by atoms with Crippen molar-refractivity contribution < 1.29 is 8.78 Å². The van der Waals surface area contributed by atoms with Crippen LogP contribution in [0.2, 0.25) is 0 Å². The van der Waals surface area contributed by atoms with Crippen LogP contribution in [0.5, 0.6) is 0 Å². The van der Waals surface area contributed by atoms with Gasteiger partial charge >= 0.3 is 0 Å². The number of aromatic nitrogens is 2.